The number of hydrogen-bond donors (Lipinski definition) is 2. The number of hydrogen-bond acceptors (Lipinski definition) is 4. The van der Waals surface area contributed by atoms with E-state index in [1.54, 1.807) is 12.4 Å². The van der Waals surface area contributed by atoms with E-state index in [-0.39, 0.29) is 0 Å². The lowest BCUT2D eigenvalue weighted by atomic mass is 10.0. The molecule has 0 bridgehead atoms. The highest BCUT2D eigenvalue weighted by Crippen LogP contribution is 2.27. The summed E-state index contributed by atoms with van der Waals surface area (Å²) in [6.07, 6.45) is 5.33. The first-order valence-electron chi connectivity index (χ1n) is 6.33. The number of aromatic amines is 1. The number of H-pyrrole nitrogens is 1. The molecular weight excluding hydrogens is 238 g/mol. The van der Waals surface area contributed by atoms with Crippen LogP contribution in [0.4, 0.5) is 5.82 Å². The van der Waals surface area contributed by atoms with Crippen LogP contribution >= 0.6 is 0 Å². The van der Waals surface area contributed by atoms with E-state index in [1.807, 2.05) is 18.2 Å². The zero-order valence-electron chi connectivity index (χ0n) is 10.7. The first-order chi connectivity index (χ1) is 9.29. The molecule has 0 radical (unpaired) electrons. The molecule has 5 nitrogen and oxygen atoms in total. The summed E-state index contributed by atoms with van der Waals surface area (Å²) < 4.78 is 0. The van der Waals surface area contributed by atoms with Crippen molar-refractivity contribution in [2.24, 2.45) is 0 Å². The Bertz CT molecular complexity index is 717. The largest absolute Gasteiger partial charge is 0.382 e. The summed E-state index contributed by atoms with van der Waals surface area (Å²) in [7, 11) is 0. The van der Waals surface area contributed by atoms with Gasteiger partial charge >= 0.3 is 0 Å². The van der Waals surface area contributed by atoms with E-state index in [4.69, 9.17) is 5.73 Å². The van der Waals surface area contributed by atoms with Crippen molar-refractivity contribution >= 4 is 16.9 Å². The van der Waals surface area contributed by atoms with Crippen LogP contribution in [0.1, 0.15) is 18.9 Å². The monoisotopic (exact) mass is 253 g/mol. The van der Waals surface area contributed by atoms with Gasteiger partial charge in [-0.2, -0.15) is 5.10 Å². The van der Waals surface area contributed by atoms with E-state index in [0.29, 0.717) is 5.82 Å². The summed E-state index contributed by atoms with van der Waals surface area (Å²) in [5.41, 5.74) is 10.8. The molecule has 2 heterocycles. The van der Waals surface area contributed by atoms with Crippen molar-refractivity contribution in [1.82, 2.24) is 20.2 Å². The Balaban J connectivity index is 2.13. The summed E-state index contributed by atoms with van der Waals surface area (Å²) in [6, 6.07) is 5.99. The zero-order chi connectivity index (χ0) is 13.2. The van der Waals surface area contributed by atoms with Gasteiger partial charge in [-0.05, 0) is 18.6 Å². The number of anilines is 1. The van der Waals surface area contributed by atoms with Gasteiger partial charge in [0.15, 0.2) is 0 Å². The third-order valence-electron chi connectivity index (χ3n) is 3.16. The van der Waals surface area contributed by atoms with Gasteiger partial charge in [0.25, 0.3) is 0 Å². The Morgan fingerprint density at radius 1 is 1.16 bits per heavy atom. The predicted octanol–water partition coefficient (Wildman–Crippen LogP) is 2.55. The number of aromatic nitrogens is 4. The topological polar surface area (TPSA) is 80.5 Å². The molecule has 0 unspecified atom stereocenters. The van der Waals surface area contributed by atoms with Gasteiger partial charge in [0.2, 0.25) is 0 Å². The second kappa shape index (κ2) is 4.68. The molecule has 0 saturated heterocycles. The van der Waals surface area contributed by atoms with Crippen LogP contribution in [0.2, 0.25) is 0 Å². The minimum atomic E-state index is 0.580. The fourth-order valence-corrected chi connectivity index (χ4v) is 2.24. The second-order valence-electron chi connectivity index (χ2n) is 4.47. The molecule has 0 saturated carbocycles. The molecule has 19 heavy (non-hydrogen) atoms. The van der Waals surface area contributed by atoms with Crippen molar-refractivity contribution in [2.45, 2.75) is 19.8 Å². The van der Waals surface area contributed by atoms with Gasteiger partial charge < -0.3 is 5.73 Å². The van der Waals surface area contributed by atoms with Crippen LogP contribution in [0.25, 0.3) is 22.3 Å². The zero-order valence-corrected chi connectivity index (χ0v) is 10.7. The molecule has 5 heteroatoms. The lowest BCUT2D eigenvalue weighted by Gasteiger charge is -2.04. The summed E-state index contributed by atoms with van der Waals surface area (Å²) in [4.78, 5) is 8.59. The van der Waals surface area contributed by atoms with E-state index < -0.39 is 0 Å². The van der Waals surface area contributed by atoms with E-state index in [9.17, 15) is 0 Å². The van der Waals surface area contributed by atoms with Crippen molar-refractivity contribution in [3.63, 3.8) is 0 Å². The molecule has 96 valence electrons. The lowest BCUT2D eigenvalue weighted by Crippen LogP contribution is -1.93. The highest BCUT2D eigenvalue weighted by Gasteiger charge is 2.12. The molecular formula is C14H15N5. The van der Waals surface area contributed by atoms with E-state index >= 15 is 0 Å². The van der Waals surface area contributed by atoms with Gasteiger partial charge in [0, 0.05) is 23.5 Å². The minimum absolute atomic E-state index is 0.580. The Morgan fingerprint density at radius 3 is 2.74 bits per heavy atom. The average molecular weight is 253 g/mol. The van der Waals surface area contributed by atoms with Crippen molar-refractivity contribution in [3.05, 3.63) is 36.2 Å². The number of nitrogens with one attached hydrogen (secondary N) is 1. The third-order valence-corrected chi connectivity index (χ3v) is 3.16. The average Bonchev–Trinajstić information content (AvgIpc) is 2.80. The maximum absolute atomic E-state index is 5.91. The number of nitrogen functional groups attached to an aromatic ring is 1. The molecule has 2 aromatic heterocycles. The van der Waals surface area contributed by atoms with Crippen LogP contribution in [0.15, 0.2) is 30.6 Å². The van der Waals surface area contributed by atoms with E-state index in [1.165, 1.54) is 0 Å². The molecule has 3 rings (SSSR count). The van der Waals surface area contributed by atoms with Crippen LogP contribution in [0, 0.1) is 0 Å². The molecule has 3 aromatic rings. The molecule has 0 atom stereocenters. The molecule has 0 aliphatic rings. The van der Waals surface area contributed by atoms with Crippen molar-refractivity contribution < 1.29 is 0 Å². The van der Waals surface area contributed by atoms with Gasteiger partial charge in [-0.15, -0.1) is 0 Å². The SMILES string of the molecule is CCCc1c(N)n[nH]c1-c1ccc2nccnc2c1. The quantitative estimate of drug-likeness (QED) is 0.751. The molecule has 0 aliphatic heterocycles. The van der Waals surface area contributed by atoms with Gasteiger partial charge in [-0.1, -0.05) is 19.4 Å². The lowest BCUT2D eigenvalue weighted by molar-refractivity contribution is 0.927. The number of rotatable bonds is 3. The maximum Gasteiger partial charge on any atom is 0.149 e. The van der Waals surface area contributed by atoms with Crippen LogP contribution < -0.4 is 5.73 Å². The highest BCUT2D eigenvalue weighted by molar-refractivity contribution is 5.81. The summed E-state index contributed by atoms with van der Waals surface area (Å²) in [5, 5.41) is 7.13. The Labute approximate surface area is 110 Å². The first kappa shape index (κ1) is 11.6. The standard InChI is InChI=1S/C14H15N5/c1-2-3-10-13(18-19-14(10)15)9-4-5-11-12(8-9)17-7-6-16-11/h4-8H,2-3H2,1H3,(H3,15,18,19). The minimum Gasteiger partial charge on any atom is -0.382 e. The first-order valence-corrected chi connectivity index (χ1v) is 6.33. The Morgan fingerprint density at radius 2 is 1.95 bits per heavy atom. The molecule has 0 amide bonds. The summed E-state index contributed by atoms with van der Waals surface area (Å²) >= 11 is 0. The van der Waals surface area contributed by atoms with Crippen LogP contribution in [-0.2, 0) is 6.42 Å². The van der Waals surface area contributed by atoms with Crippen molar-refractivity contribution in [3.8, 4) is 11.3 Å². The molecule has 3 N–H and O–H groups in total. The number of fused-ring (bicyclic) bond motifs is 1. The summed E-state index contributed by atoms with van der Waals surface area (Å²) in [5.74, 6) is 0.580. The predicted molar refractivity (Wildman–Crippen MR) is 75.5 cm³/mol. The number of nitrogens with zero attached hydrogens (tertiary/aromatic N) is 3. The smallest absolute Gasteiger partial charge is 0.149 e. The Kier molecular flexibility index (Phi) is 2.87. The number of nitrogens with two attached hydrogens (primary N) is 1. The van der Waals surface area contributed by atoms with Crippen molar-refractivity contribution in [2.75, 3.05) is 5.73 Å². The van der Waals surface area contributed by atoms with Gasteiger partial charge in [-0.25, -0.2) is 0 Å². The van der Waals surface area contributed by atoms with Gasteiger partial charge in [0.05, 0.1) is 16.7 Å². The van der Waals surface area contributed by atoms with E-state index in [2.05, 4.69) is 27.1 Å². The second-order valence-corrected chi connectivity index (χ2v) is 4.47. The van der Waals surface area contributed by atoms with Crippen molar-refractivity contribution in [1.29, 1.82) is 0 Å². The Hall–Kier alpha value is -2.43. The maximum atomic E-state index is 5.91. The fourth-order valence-electron chi connectivity index (χ4n) is 2.24. The molecule has 0 fully saturated rings. The number of benzene rings is 1. The van der Waals surface area contributed by atoms with E-state index in [0.717, 1.165) is 40.7 Å². The highest BCUT2D eigenvalue weighted by atomic mass is 15.2. The molecule has 0 aliphatic carbocycles. The van der Waals surface area contributed by atoms with Crippen LogP contribution in [0.3, 0.4) is 0 Å². The molecule has 1 aromatic carbocycles. The summed E-state index contributed by atoms with van der Waals surface area (Å²) in [6.45, 7) is 2.13. The normalized spacial score (nSPS) is 11.0. The van der Waals surface area contributed by atoms with Gasteiger partial charge in [0.1, 0.15) is 5.82 Å². The fraction of sp³-hybridized carbons (Fsp3) is 0.214. The van der Waals surface area contributed by atoms with Crippen LogP contribution in [0.5, 0.6) is 0 Å². The van der Waals surface area contributed by atoms with Crippen LogP contribution in [-0.4, -0.2) is 20.2 Å². The van der Waals surface area contributed by atoms with Gasteiger partial charge in [-0.3, -0.25) is 15.1 Å². The third kappa shape index (κ3) is 2.03. The molecule has 0 spiro atoms.